The van der Waals surface area contributed by atoms with Gasteiger partial charge in [0.1, 0.15) is 6.33 Å². The van der Waals surface area contributed by atoms with Crippen molar-refractivity contribution in [1.82, 2.24) is 14.5 Å². The van der Waals surface area contributed by atoms with Crippen LogP contribution in [-0.4, -0.2) is 20.5 Å². The number of amides is 1. The summed E-state index contributed by atoms with van der Waals surface area (Å²) in [7, 11) is 0. The number of hydrogen-bond donors (Lipinski definition) is 0. The number of nitrogens with zero attached hydrogens (tertiary/aromatic N) is 3. The van der Waals surface area contributed by atoms with Crippen molar-refractivity contribution in [2.75, 3.05) is 0 Å². The van der Waals surface area contributed by atoms with Crippen molar-refractivity contribution in [1.29, 1.82) is 0 Å². The topological polar surface area (TPSA) is 38.1 Å². The Balaban J connectivity index is 2.22. The first-order chi connectivity index (χ1) is 7.27. The highest BCUT2D eigenvalue weighted by molar-refractivity contribution is 5.78. The molecule has 15 heavy (non-hydrogen) atoms. The summed E-state index contributed by atoms with van der Waals surface area (Å²) in [4.78, 5) is 17.4. The summed E-state index contributed by atoms with van der Waals surface area (Å²) >= 11 is 0. The Morgan fingerprint density at radius 1 is 1.53 bits per heavy atom. The minimum Gasteiger partial charge on any atom is -0.276 e. The zero-order valence-electron chi connectivity index (χ0n) is 8.63. The molecule has 0 radical (unpaired) electrons. The van der Waals surface area contributed by atoms with Gasteiger partial charge in [0.05, 0.1) is 0 Å². The first kappa shape index (κ1) is 9.71. The van der Waals surface area contributed by atoms with E-state index in [1.54, 1.807) is 23.5 Å². The molecule has 1 aromatic heterocycles. The van der Waals surface area contributed by atoms with E-state index >= 15 is 0 Å². The summed E-state index contributed by atoms with van der Waals surface area (Å²) in [6.07, 6.45) is 12.4. The first-order valence-electron chi connectivity index (χ1n) is 4.92. The summed E-state index contributed by atoms with van der Waals surface area (Å²) in [6, 6.07) is -0.106. The maximum absolute atomic E-state index is 11.9. The van der Waals surface area contributed by atoms with Crippen LogP contribution in [0.1, 0.15) is 19.8 Å². The van der Waals surface area contributed by atoms with E-state index in [0.29, 0.717) is 0 Å². The average molecular weight is 203 g/mol. The molecule has 0 saturated carbocycles. The molecule has 1 aliphatic rings. The van der Waals surface area contributed by atoms with Gasteiger partial charge in [0, 0.05) is 24.8 Å². The molecule has 2 heterocycles. The molecule has 0 unspecified atom stereocenters. The molecule has 4 nitrogen and oxygen atoms in total. The van der Waals surface area contributed by atoms with Gasteiger partial charge in [-0.3, -0.25) is 9.47 Å². The van der Waals surface area contributed by atoms with Crippen LogP contribution in [0, 0.1) is 0 Å². The molecular formula is C11H13N3O. The van der Waals surface area contributed by atoms with Gasteiger partial charge in [-0.05, 0) is 19.8 Å². The molecule has 0 saturated heterocycles. The second kappa shape index (κ2) is 4.13. The zero-order valence-corrected chi connectivity index (χ0v) is 8.63. The van der Waals surface area contributed by atoms with Crippen LogP contribution in [0.15, 0.2) is 42.8 Å². The predicted molar refractivity (Wildman–Crippen MR) is 57.0 cm³/mol. The number of carbonyl (C=O) groups excluding carboxylic acids is 1. The third kappa shape index (κ3) is 2.15. The van der Waals surface area contributed by atoms with Crippen LogP contribution < -0.4 is 0 Å². The monoisotopic (exact) mass is 203 g/mol. The zero-order chi connectivity index (χ0) is 10.7. The lowest BCUT2D eigenvalue weighted by Gasteiger charge is -2.13. The molecule has 1 amide bonds. The second-order valence-electron chi connectivity index (χ2n) is 3.56. The number of imidazole rings is 1. The van der Waals surface area contributed by atoms with Crippen LogP contribution >= 0.6 is 0 Å². The summed E-state index contributed by atoms with van der Waals surface area (Å²) in [6.45, 7) is 2.03. The van der Waals surface area contributed by atoms with Crippen LogP contribution in [-0.2, 0) is 0 Å². The molecular weight excluding hydrogens is 190 g/mol. The Morgan fingerprint density at radius 2 is 2.40 bits per heavy atom. The van der Waals surface area contributed by atoms with E-state index in [9.17, 15) is 4.79 Å². The van der Waals surface area contributed by atoms with Gasteiger partial charge >= 0.3 is 6.03 Å². The molecule has 2 rings (SSSR count). The van der Waals surface area contributed by atoms with Crippen molar-refractivity contribution in [2.24, 2.45) is 0 Å². The highest BCUT2D eigenvalue weighted by Crippen LogP contribution is 2.12. The summed E-state index contributed by atoms with van der Waals surface area (Å²) in [5.41, 5.74) is 1.20. The fourth-order valence-electron chi connectivity index (χ4n) is 1.47. The lowest BCUT2D eigenvalue weighted by Crippen LogP contribution is -2.24. The highest BCUT2D eigenvalue weighted by Gasteiger charge is 2.11. The molecule has 0 bridgehead atoms. The van der Waals surface area contributed by atoms with Gasteiger partial charge in [0.15, 0.2) is 0 Å². The fraction of sp³-hybridized carbons (Fsp3) is 0.273. The lowest BCUT2D eigenvalue weighted by molar-refractivity contribution is 0.227. The summed E-state index contributed by atoms with van der Waals surface area (Å²) in [5, 5.41) is 0. The van der Waals surface area contributed by atoms with Gasteiger partial charge in [-0.25, -0.2) is 9.78 Å². The van der Waals surface area contributed by atoms with E-state index in [1.165, 1.54) is 16.5 Å². The Hall–Kier alpha value is -1.84. The van der Waals surface area contributed by atoms with Gasteiger partial charge in [-0.2, -0.15) is 0 Å². The quantitative estimate of drug-likeness (QED) is 0.649. The molecule has 0 atom stereocenters. The molecule has 0 N–H and O–H groups in total. The Labute approximate surface area is 88.5 Å². The van der Waals surface area contributed by atoms with Gasteiger partial charge in [-0.15, -0.1) is 0 Å². The van der Waals surface area contributed by atoms with E-state index in [2.05, 4.69) is 4.98 Å². The highest BCUT2D eigenvalue weighted by atomic mass is 16.2. The van der Waals surface area contributed by atoms with E-state index in [0.717, 1.165) is 12.8 Å². The van der Waals surface area contributed by atoms with Crippen molar-refractivity contribution in [2.45, 2.75) is 19.8 Å². The average Bonchev–Trinajstić information content (AvgIpc) is 2.67. The molecule has 0 aliphatic carbocycles. The minimum atomic E-state index is -0.106. The number of allylic oxidation sites excluding steroid dienone is 2. The van der Waals surface area contributed by atoms with E-state index < -0.39 is 0 Å². The summed E-state index contributed by atoms with van der Waals surface area (Å²) in [5.74, 6) is 0. The Morgan fingerprint density at radius 3 is 3.13 bits per heavy atom. The molecule has 1 aliphatic heterocycles. The molecule has 0 fully saturated rings. The van der Waals surface area contributed by atoms with Crippen LogP contribution in [0.5, 0.6) is 0 Å². The number of hydrogen-bond acceptors (Lipinski definition) is 2. The Kier molecular flexibility index (Phi) is 2.67. The van der Waals surface area contributed by atoms with Crippen molar-refractivity contribution in [3.05, 3.63) is 42.8 Å². The normalized spacial score (nSPS) is 16.1. The standard InChI is InChI=1S/C11H13N3O/c1-10-4-2-3-6-13(8-10)11(15)14-7-5-12-9-14/h3,5-9H,2,4H2,1H3. The van der Waals surface area contributed by atoms with E-state index in [-0.39, 0.29) is 6.03 Å². The van der Waals surface area contributed by atoms with Gasteiger partial charge in [0.2, 0.25) is 0 Å². The second-order valence-corrected chi connectivity index (χ2v) is 3.56. The largest absolute Gasteiger partial charge is 0.337 e. The smallest absolute Gasteiger partial charge is 0.276 e. The predicted octanol–water partition coefficient (Wildman–Crippen LogP) is 2.36. The molecule has 4 heteroatoms. The van der Waals surface area contributed by atoms with Crippen LogP contribution in [0.25, 0.3) is 0 Å². The van der Waals surface area contributed by atoms with Gasteiger partial charge in [-0.1, -0.05) is 11.6 Å². The number of rotatable bonds is 0. The van der Waals surface area contributed by atoms with E-state index in [4.69, 9.17) is 0 Å². The van der Waals surface area contributed by atoms with Crippen molar-refractivity contribution in [3.8, 4) is 0 Å². The van der Waals surface area contributed by atoms with Crippen molar-refractivity contribution < 1.29 is 4.79 Å². The molecule has 78 valence electrons. The minimum absolute atomic E-state index is 0.106. The van der Waals surface area contributed by atoms with E-state index in [1.807, 2.05) is 19.2 Å². The molecule has 1 aromatic rings. The first-order valence-corrected chi connectivity index (χ1v) is 4.92. The fourth-order valence-corrected chi connectivity index (χ4v) is 1.47. The van der Waals surface area contributed by atoms with Crippen molar-refractivity contribution >= 4 is 6.03 Å². The van der Waals surface area contributed by atoms with Crippen LogP contribution in [0.4, 0.5) is 4.79 Å². The van der Waals surface area contributed by atoms with Crippen LogP contribution in [0.3, 0.4) is 0 Å². The van der Waals surface area contributed by atoms with Crippen LogP contribution in [0.2, 0.25) is 0 Å². The SMILES string of the molecule is CC1=CN(C(=O)n2ccnc2)C=CCC1. The maximum atomic E-state index is 11.9. The lowest BCUT2D eigenvalue weighted by atomic mass is 10.2. The number of carbonyl (C=O) groups is 1. The van der Waals surface area contributed by atoms with Gasteiger partial charge in [0.25, 0.3) is 0 Å². The Bertz CT molecular complexity index is 403. The maximum Gasteiger partial charge on any atom is 0.337 e. The summed E-state index contributed by atoms with van der Waals surface area (Å²) < 4.78 is 1.46. The number of aromatic nitrogens is 2. The van der Waals surface area contributed by atoms with Gasteiger partial charge < -0.3 is 0 Å². The third-order valence-corrected chi connectivity index (χ3v) is 2.28. The molecule has 0 aromatic carbocycles. The third-order valence-electron chi connectivity index (χ3n) is 2.28. The molecule has 0 spiro atoms. The van der Waals surface area contributed by atoms with Crippen molar-refractivity contribution in [3.63, 3.8) is 0 Å².